The minimum Gasteiger partial charge on any atom is -0.457 e. The number of halogens is 1. The molecule has 0 atom stereocenters. The summed E-state index contributed by atoms with van der Waals surface area (Å²) < 4.78 is 6.06. The van der Waals surface area contributed by atoms with E-state index in [1.807, 2.05) is 18.2 Å². The fourth-order valence-corrected chi connectivity index (χ4v) is 4.75. The summed E-state index contributed by atoms with van der Waals surface area (Å²) in [6.45, 7) is 4.03. The first-order valence-corrected chi connectivity index (χ1v) is 13.4. The van der Waals surface area contributed by atoms with Crippen molar-refractivity contribution in [2.75, 3.05) is 41.7 Å². The lowest BCUT2D eigenvalue weighted by atomic mass is 10.1. The topological polar surface area (TPSA) is 91.4 Å². The number of ether oxygens (including phenoxy) is 1. The summed E-state index contributed by atoms with van der Waals surface area (Å²) in [7, 11) is 0. The van der Waals surface area contributed by atoms with Crippen LogP contribution in [0.2, 0.25) is 5.02 Å². The van der Waals surface area contributed by atoms with E-state index in [0.717, 1.165) is 48.5 Å². The molecule has 2 heterocycles. The van der Waals surface area contributed by atoms with Gasteiger partial charge in [0, 0.05) is 59.9 Å². The Hall–Kier alpha value is -4.66. The summed E-state index contributed by atoms with van der Waals surface area (Å²) >= 11 is 5.97. The fraction of sp³-hybridized carbons (Fsp3) is 0.129. The minimum absolute atomic E-state index is 0.363. The summed E-state index contributed by atoms with van der Waals surface area (Å²) in [5.41, 5.74) is 5.82. The number of hydrogen-bond acceptors (Lipinski definition) is 6. The lowest BCUT2D eigenvalue weighted by Gasteiger charge is -2.29. The number of carbonyl (C=O) groups is 1. The second kappa shape index (κ2) is 11.6. The van der Waals surface area contributed by atoms with Gasteiger partial charge in [0.25, 0.3) is 0 Å². The van der Waals surface area contributed by atoms with Crippen LogP contribution in [-0.2, 0) is 0 Å². The Morgan fingerprint density at radius 1 is 0.825 bits per heavy atom. The van der Waals surface area contributed by atoms with Crippen LogP contribution in [0.1, 0.15) is 0 Å². The number of nitrogens with one attached hydrogen (secondary N) is 3. The first-order valence-electron chi connectivity index (χ1n) is 13.0. The van der Waals surface area contributed by atoms with E-state index in [1.165, 1.54) is 5.69 Å². The van der Waals surface area contributed by atoms with Gasteiger partial charge in [-0.15, -0.1) is 0 Å². The Kier molecular flexibility index (Phi) is 7.43. The zero-order valence-electron chi connectivity index (χ0n) is 21.6. The monoisotopic (exact) mass is 550 g/mol. The zero-order chi connectivity index (χ0) is 27.3. The van der Waals surface area contributed by atoms with Gasteiger partial charge in [0.05, 0.1) is 22.9 Å². The van der Waals surface area contributed by atoms with E-state index >= 15 is 0 Å². The van der Waals surface area contributed by atoms with Crippen LogP contribution in [0.15, 0.2) is 97.2 Å². The van der Waals surface area contributed by atoms with Crippen molar-refractivity contribution < 1.29 is 9.53 Å². The van der Waals surface area contributed by atoms with E-state index < -0.39 is 0 Å². The molecule has 1 aliphatic rings. The summed E-state index contributed by atoms with van der Waals surface area (Å²) in [6.07, 6.45) is 1.80. The lowest BCUT2D eigenvalue weighted by molar-refractivity contribution is 0.262. The average Bonchev–Trinajstić information content (AvgIpc) is 2.98. The molecule has 1 aliphatic heterocycles. The van der Waals surface area contributed by atoms with Crippen molar-refractivity contribution in [3.63, 3.8) is 0 Å². The summed E-state index contributed by atoms with van der Waals surface area (Å²) in [4.78, 5) is 24.1. The number of aromatic nitrogens is 2. The number of urea groups is 1. The minimum atomic E-state index is -0.363. The molecule has 4 aromatic carbocycles. The number of hydrogen-bond donors (Lipinski definition) is 3. The molecule has 200 valence electrons. The summed E-state index contributed by atoms with van der Waals surface area (Å²) in [6, 6.07) is 27.9. The summed E-state index contributed by atoms with van der Waals surface area (Å²) in [5.74, 6) is 1.28. The highest BCUT2D eigenvalue weighted by molar-refractivity contribution is 6.30. The molecule has 0 unspecified atom stereocenters. The largest absolute Gasteiger partial charge is 0.457 e. The number of nitrogens with zero attached hydrogens (tertiary/aromatic N) is 3. The van der Waals surface area contributed by atoms with E-state index in [2.05, 4.69) is 50.1 Å². The van der Waals surface area contributed by atoms with E-state index in [0.29, 0.717) is 27.9 Å². The lowest BCUT2D eigenvalue weighted by Crippen LogP contribution is -2.43. The van der Waals surface area contributed by atoms with Crippen LogP contribution in [0.5, 0.6) is 11.5 Å². The molecule has 40 heavy (non-hydrogen) atoms. The molecular formula is C31H27ClN6O2. The molecule has 8 nitrogen and oxygen atoms in total. The van der Waals surface area contributed by atoms with E-state index in [-0.39, 0.29) is 6.03 Å². The molecule has 0 saturated carbocycles. The van der Waals surface area contributed by atoms with Crippen molar-refractivity contribution >= 4 is 45.7 Å². The number of carbonyl (C=O) groups excluding carboxylic acids is 1. The molecule has 0 spiro atoms. The third-order valence-corrected chi connectivity index (χ3v) is 6.82. The van der Waals surface area contributed by atoms with Gasteiger partial charge in [-0.05, 0) is 66.7 Å². The Balaban J connectivity index is 1.11. The molecule has 3 N–H and O–H groups in total. The van der Waals surface area contributed by atoms with Crippen LogP contribution in [0, 0.1) is 0 Å². The summed E-state index contributed by atoms with van der Waals surface area (Å²) in [5, 5.41) is 9.49. The van der Waals surface area contributed by atoms with Gasteiger partial charge in [-0.25, -0.2) is 9.78 Å². The van der Waals surface area contributed by atoms with Crippen LogP contribution in [0.3, 0.4) is 0 Å². The Labute approximate surface area is 237 Å². The van der Waals surface area contributed by atoms with Gasteiger partial charge in [0.15, 0.2) is 0 Å². The second-order valence-corrected chi connectivity index (χ2v) is 9.84. The fourth-order valence-electron chi connectivity index (χ4n) is 4.56. The van der Waals surface area contributed by atoms with Crippen molar-refractivity contribution in [2.24, 2.45) is 0 Å². The Morgan fingerprint density at radius 2 is 1.57 bits per heavy atom. The zero-order valence-corrected chi connectivity index (χ0v) is 22.4. The van der Waals surface area contributed by atoms with Crippen LogP contribution < -0.4 is 25.6 Å². The van der Waals surface area contributed by atoms with Crippen LogP contribution in [0.4, 0.5) is 21.9 Å². The second-order valence-electron chi connectivity index (χ2n) is 9.41. The molecular weight excluding hydrogens is 524 g/mol. The van der Waals surface area contributed by atoms with Gasteiger partial charge in [0.2, 0.25) is 0 Å². The maximum absolute atomic E-state index is 12.3. The third-order valence-electron chi connectivity index (χ3n) is 6.59. The van der Waals surface area contributed by atoms with E-state index in [9.17, 15) is 4.79 Å². The predicted molar refractivity (Wildman–Crippen MR) is 161 cm³/mol. The van der Waals surface area contributed by atoms with Gasteiger partial charge in [-0.2, -0.15) is 0 Å². The molecule has 5 aromatic rings. The normalized spacial score (nSPS) is 13.2. The Morgan fingerprint density at radius 3 is 2.35 bits per heavy atom. The van der Waals surface area contributed by atoms with Crippen molar-refractivity contribution in [1.29, 1.82) is 0 Å². The smallest absolute Gasteiger partial charge is 0.323 e. The number of amides is 2. The van der Waals surface area contributed by atoms with E-state index in [4.69, 9.17) is 21.3 Å². The quantitative estimate of drug-likeness (QED) is 0.215. The van der Waals surface area contributed by atoms with Gasteiger partial charge in [0.1, 0.15) is 11.5 Å². The standard InChI is InChI=1S/C31H27ClN6O2/c32-22-2-1-3-24(18-22)36-31(39)35-23-6-10-26(11-7-23)40-27-12-13-28-29(19-27)37-30(20-34-28)21-4-8-25(9-5-21)38-16-14-33-15-17-38/h1-13,18-20,33H,14-17H2,(H2,35,36,39). The van der Waals surface area contributed by atoms with Crippen molar-refractivity contribution in [1.82, 2.24) is 15.3 Å². The van der Waals surface area contributed by atoms with Crippen LogP contribution >= 0.6 is 11.6 Å². The highest BCUT2D eigenvalue weighted by Gasteiger charge is 2.11. The van der Waals surface area contributed by atoms with Crippen LogP contribution in [-0.4, -0.2) is 42.2 Å². The molecule has 1 fully saturated rings. The SMILES string of the molecule is O=C(Nc1ccc(Oc2ccc3ncc(-c4ccc(N5CCNCC5)cc4)nc3c2)cc1)Nc1cccc(Cl)c1. The van der Waals surface area contributed by atoms with Crippen LogP contribution in [0.25, 0.3) is 22.3 Å². The van der Waals surface area contributed by atoms with Crippen molar-refractivity contribution in [2.45, 2.75) is 0 Å². The number of rotatable bonds is 6. The molecule has 9 heteroatoms. The van der Waals surface area contributed by atoms with Gasteiger partial charge < -0.3 is 25.6 Å². The molecule has 1 saturated heterocycles. The van der Waals surface area contributed by atoms with Gasteiger partial charge >= 0.3 is 6.03 Å². The Bertz CT molecular complexity index is 1640. The molecule has 0 radical (unpaired) electrons. The number of benzene rings is 4. The average molecular weight is 551 g/mol. The molecule has 1 aromatic heterocycles. The van der Waals surface area contributed by atoms with E-state index in [1.54, 1.807) is 54.7 Å². The molecule has 2 amide bonds. The van der Waals surface area contributed by atoms with Gasteiger partial charge in [-0.3, -0.25) is 4.98 Å². The van der Waals surface area contributed by atoms with Crippen molar-refractivity contribution in [3.8, 4) is 22.8 Å². The highest BCUT2D eigenvalue weighted by atomic mass is 35.5. The molecule has 0 bridgehead atoms. The maximum atomic E-state index is 12.3. The maximum Gasteiger partial charge on any atom is 0.323 e. The molecule has 0 aliphatic carbocycles. The number of fused-ring (bicyclic) bond motifs is 1. The predicted octanol–water partition coefficient (Wildman–Crippen LogP) is 6.80. The number of piperazine rings is 1. The van der Waals surface area contributed by atoms with Gasteiger partial charge in [-0.1, -0.05) is 29.8 Å². The highest BCUT2D eigenvalue weighted by Crippen LogP contribution is 2.28. The first-order chi connectivity index (χ1) is 19.6. The van der Waals surface area contributed by atoms with Crippen molar-refractivity contribution in [3.05, 3.63) is 102 Å². The third kappa shape index (κ3) is 6.14. The molecule has 6 rings (SSSR count). The number of anilines is 3. The first kappa shape index (κ1) is 25.6.